The van der Waals surface area contributed by atoms with E-state index in [0.717, 1.165) is 24.2 Å². The second kappa shape index (κ2) is 8.47. The zero-order valence-electron chi connectivity index (χ0n) is 16.5. The van der Waals surface area contributed by atoms with Gasteiger partial charge in [0.05, 0.1) is 31.0 Å². The highest BCUT2D eigenvalue weighted by Crippen LogP contribution is 2.34. The summed E-state index contributed by atoms with van der Waals surface area (Å²) in [5.74, 6) is 1.20. The van der Waals surface area contributed by atoms with Gasteiger partial charge in [0.25, 0.3) is 5.56 Å². The van der Waals surface area contributed by atoms with E-state index in [0.29, 0.717) is 36.2 Å². The molecule has 0 spiro atoms. The third kappa shape index (κ3) is 4.47. The number of methoxy groups -OCH3 is 1. The first kappa shape index (κ1) is 19.2. The first-order valence-electron chi connectivity index (χ1n) is 9.94. The first-order chi connectivity index (χ1) is 14.2. The highest BCUT2D eigenvalue weighted by molar-refractivity contribution is 5.77. The topological polar surface area (TPSA) is 70.4 Å². The van der Waals surface area contributed by atoms with E-state index in [2.05, 4.69) is 4.98 Å². The van der Waals surface area contributed by atoms with Crippen molar-refractivity contribution in [3.63, 3.8) is 0 Å². The van der Waals surface area contributed by atoms with Crippen LogP contribution >= 0.6 is 0 Å². The minimum atomic E-state index is -0.275. The quantitative estimate of drug-likeness (QED) is 0.549. The molecular formula is C23H24N2O4. The van der Waals surface area contributed by atoms with Crippen LogP contribution < -0.4 is 10.3 Å². The number of hydrogen-bond donors (Lipinski definition) is 0. The van der Waals surface area contributed by atoms with Gasteiger partial charge in [0.2, 0.25) is 0 Å². The van der Waals surface area contributed by atoms with E-state index < -0.39 is 0 Å². The predicted octanol–water partition coefficient (Wildman–Crippen LogP) is 3.46. The zero-order chi connectivity index (χ0) is 20.2. The standard InChI is InChI=1S/C23H24N2O4/c1-28-18-10-6-16(7-11-18)14-15-29-22(26)13-12-21-24-20-5-3-2-4-19(20)23(27)25(21)17-8-9-17/h2-7,10-11,17H,8-9,12-15H2,1H3. The molecule has 0 aliphatic heterocycles. The Hall–Kier alpha value is -3.15. The number of ether oxygens (including phenoxy) is 2. The fourth-order valence-electron chi connectivity index (χ4n) is 3.44. The van der Waals surface area contributed by atoms with E-state index in [1.807, 2.05) is 42.5 Å². The molecule has 6 heteroatoms. The molecule has 3 aromatic rings. The van der Waals surface area contributed by atoms with Gasteiger partial charge in [-0.3, -0.25) is 14.2 Å². The van der Waals surface area contributed by atoms with Gasteiger partial charge in [-0.05, 0) is 42.7 Å². The molecule has 150 valence electrons. The average molecular weight is 392 g/mol. The van der Waals surface area contributed by atoms with Gasteiger partial charge in [0, 0.05) is 18.9 Å². The number of rotatable bonds is 8. The molecule has 0 N–H and O–H groups in total. The summed E-state index contributed by atoms with van der Waals surface area (Å²) in [5.41, 5.74) is 1.75. The third-order valence-corrected chi connectivity index (χ3v) is 5.16. The van der Waals surface area contributed by atoms with E-state index >= 15 is 0 Å². The number of para-hydroxylation sites is 1. The molecule has 1 saturated carbocycles. The number of nitrogens with zero attached hydrogens (tertiary/aromatic N) is 2. The monoisotopic (exact) mass is 392 g/mol. The lowest BCUT2D eigenvalue weighted by molar-refractivity contribution is -0.143. The molecule has 29 heavy (non-hydrogen) atoms. The second-order valence-electron chi connectivity index (χ2n) is 7.27. The van der Waals surface area contributed by atoms with Gasteiger partial charge in [0.15, 0.2) is 0 Å². The van der Waals surface area contributed by atoms with Crippen LogP contribution in [0, 0.1) is 0 Å². The van der Waals surface area contributed by atoms with Crippen LogP contribution in [0.4, 0.5) is 0 Å². The van der Waals surface area contributed by atoms with E-state index in [1.165, 1.54) is 0 Å². The number of carbonyl (C=O) groups is 1. The number of aromatic nitrogens is 2. The van der Waals surface area contributed by atoms with Crippen LogP contribution in [0.1, 0.15) is 36.7 Å². The lowest BCUT2D eigenvalue weighted by Crippen LogP contribution is -2.25. The summed E-state index contributed by atoms with van der Waals surface area (Å²) in [6, 6.07) is 15.3. The molecule has 0 amide bonds. The molecule has 0 bridgehead atoms. The summed E-state index contributed by atoms with van der Waals surface area (Å²) in [5, 5.41) is 0.630. The van der Waals surface area contributed by atoms with Crippen LogP contribution in [-0.4, -0.2) is 29.2 Å². The SMILES string of the molecule is COc1ccc(CCOC(=O)CCc2nc3ccccc3c(=O)n2C2CC2)cc1. The highest BCUT2D eigenvalue weighted by Gasteiger charge is 2.28. The molecule has 1 aliphatic carbocycles. The van der Waals surface area contributed by atoms with Crippen LogP contribution in [0.25, 0.3) is 10.9 Å². The summed E-state index contributed by atoms with van der Waals surface area (Å²) in [6.45, 7) is 0.325. The molecule has 0 saturated heterocycles. The summed E-state index contributed by atoms with van der Waals surface area (Å²) in [6.07, 6.45) is 3.23. The Labute approximate surface area is 169 Å². The third-order valence-electron chi connectivity index (χ3n) is 5.16. The molecule has 0 radical (unpaired) electrons. The summed E-state index contributed by atoms with van der Waals surface area (Å²) in [4.78, 5) is 29.7. The van der Waals surface area contributed by atoms with Gasteiger partial charge in [-0.15, -0.1) is 0 Å². The molecular weight excluding hydrogens is 368 g/mol. The van der Waals surface area contributed by atoms with Crippen molar-refractivity contribution >= 4 is 16.9 Å². The van der Waals surface area contributed by atoms with E-state index in [9.17, 15) is 9.59 Å². The number of carbonyl (C=O) groups excluding carboxylic acids is 1. The predicted molar refractivity (Wildman–Crippen MR) is 110 cm³/mol. The summed E-state index contributed by atoms with van der Waals surface area (Å²) in [7, 11) is 1.63. The minimum absolute atomic E-state index is 0.0130. The van der Waals surface area contributed by atoms with Crippen molar-refractivity contribution in [2.24, 2.45) is 0 Å². The van der Waals surface area contributed by atoms with Crippen LogP contribution in [-0.2, 0) is 22.4 Å². The Morgan fingerprint density at radius 2 is 1.86 bits per heavy atom. The number of hydrogen-bond acceptors (Lipinski definition) is 5. The molecule has 0 unspecified atom stereocenters. The molecule has 0 atom stereocenters. The lowest BCUT2D eigenvalue weighted by Gasteiger charge is -2.12. The lowest BCUT2D eigenvalue weighted by atomic mass is 10.1. The van der Waals surface area contributed by atoms with Crippen LogP contribution in [0.15, 0.2) is 53.3 Å². The number of esters is 1. The normalized spacial score (nSPS) is 13.4. The highest BCUT2D eigenvalue weighted by atomic mass is 16.5. The van der Waals surface area contributed by atoms with Crippen molar-refractivity contribution in [1.82, 2.24) is 9.55 Å². The molecule has 1 heterocycles. The van der Waals surface area contributed by atoms with Crippen molar-refractivity contribution in [1.29, 1.82) is 0 Å². The van der Waals surface area contributed by atoms with Gasteiger partial charge >= 0.3 is 5.97 Å². The Balaban J connectivity index is 1.37. The maximum absolute atomic E-state index is 12.8. The minimum Gasteiger partial charge on any atom is -0.497 e. The number of fused-ring (bicyclic) bond motifs is 1. The Morgan fingerprint density at radius 1 is 1.10 bits per heavy atom. The first-order valence-corrected chi connectivity index (χ1v) is 9.94. The van der Waals surface area contributed by atoms with Gasteiger partial charge in [-0.25, -0.2) is 4.98 Å². The fourth-order valence-corrected chi connectivity index (χ4v) is 3.44. The van der Waals surface area contributed by atoms with Crippen molar-refractivity contribution in [3.8, 4) is 5.75 Å². The van der Waals surface area contributed by atoms with Gasteiger partial charge < -0.3 is 9.47 Å². The molecule has 4 rings (SSSR count). The van der Waals surface area contributed by atoms with Gasteiger partial charge in [0.1, 0.15) is 11.6 Å². The van der Waals surface area contributed by atoms with E-state index in [-0.39, 0.29) is 24.0 Å². The van der Waals surface area contributed by atoms with Crippen molar-refractivity contribution < 1.29 is 14.3 Å². The zero-order valence-corrected chi connectivity index (χ0v) is 16.5. The Morgan fingerprint density at radius 3 is 2.59 bits per heavy atom. The second-order valence-corrected chi connectivity index (χ2v) is 7.27. The number of benzene rings is 2. The molecule has 1 fully saturated rings. The van der Waals surface area contributed by atoms with Gasteiger partial charge in [-0.1, -0.05) is 24.3 Å². The Bertz CT molecular complexity index is 1070. The van der Waals surface area contributed by atoms with Crippen LogP contribution in [0.3, 0.4) is 0 Å². The maximum atomic E-state index is 12.8. The van der Waals surface area contributed by atoms with Crippen molar-refractivity contribution in [2.45, 2.75) is 38.1 Å². The average Bonchev–Trinajstić information content (AvgIpc) is 3.58. The van der Waals surface area contributed by atoms with E-state index in [1.54, 1.807) is 17.7 Å². The summed E-state index contributed by atoms with van der Waals surface area (Å²) < 4.78 is 12.3. The molecule has 6 nitrogen and oxygen atoms in total. The van der Waals surface area contributed by atoms with Crippen LogP contribution in [0.2, 0.25) is 0 Å². The number of aryl methyl sites for hydroxylation is 1. The Kier molecular flexibility index (Phi) is 5.60. The van der Waals surface area contributed by atoms with Gasteiger partial charge in [-0.2, -0.15) is 0 Å². The fraction of sp³-hybridized carbons (Fsp3) is 0.348. The van der Waals surface area contributed by atoms with E-state index in [4.69, 9.17) is 9.47 Å². The largest absolute Gasteiger partial charge is 0.497 e. The van der Waals surface area contributed by atoms with Crippen molar-refractivity contribution in [2.75, 3.05) is 13.7 Å². The van der Waals surface area contributed by atoms with Crippen LogP contribution in [0.5, 0.6) is 5.75 Å². The molecule has 2 aromatic carbocycles. The summed E-state index contributed by atoms with van der Waals surface area (Å²) >= 11 is 0. The smallest absolute Gasteiger partial charge is 0.306 e. The maximum Gasteiger partial charge on any atom is 0.306 e. The van der Waals surface area contributed by atoms with Crippen molar-refractivity contribution in [3.05, 3.63) is 70.3 Å². The molecule has 1 aromatic heterocycles. The molecule has 1 aliphatic rings.